The monoisotopic (exact) mass is 258 g/mol. The number of carbonyl (C=O) groups excluding carboxylic acids is 2. The van der Waals surface area contributed by atoms with E-state index in [1.54, 1.807) is 12.3 Å². The molecule has 4 rings (SSSR count). The lowest BCUT2D eigenvalue weighted by Gasteiger charge is -2.16. The third-order valence-electron chi connectivity index (χ3n) is 4.41. The van der Waals surface area contributed by atoms with Crippen LogP contribution in [0.2, 0.25) is 0 Å². The molecular formula is C14H14N2O3. The van der Waals surface area contributed by atoms with Gasteiger partial charge in [0.2, 0.25) is 11.8 Å². The molecule has 5 nitrogen and oxygen atoms in total. The molecule has 0 spiro atoms. The Morgan fingerprint density at radius 1 is 1.16 bits per heavy atom. The molecule has 5 heteroatoms. The zero-order chi connectivity index (χ0) is 13.1. The number of hydrogen-bond donors (Lipinski definition) is 0. The van der Waals surface area contributed by atoms with Gasteiger partial charge in [0.05, 0.1) is 24.0 Å². The zero-order valence-electron chi connectivity index (χ0n) is 10.6. The Hall–Kier alpha value is -1.75. The largest absolute Gasteiger partial charge is 0.373 e. The van der Waals surface area contributed by atoms with E-state index < -0.39 is 0 Å². The summed E-state index contributed by atoms with van der Waals surface area (Å²) >= 11 is 0. The number of aromatic nitrogens is 1. The molecule has 0 N–H and O–H groups in total. The zero-order valence-corrected chi connectivity index (χ0v) is 10.6. The van der Waals surface area contributed by atoms with Gasteiger partial charge < -0.3 is 4.74 Å². The Morgan fingerprint density at radius 2 is 1.79 bits per heavy atom. The lowest BCUT2D eigenvalue weighted by atomic mass is 9.81. The molecule has 4 heterocycles. The molecule has 0 unspecified atom stereocenters. The maximum absolute atomic E-state index is 12.5. The minimum Gasteiger partial charge on any atom is -0.373 e. The molecule has 0 radical (unpaired) electrons. The maximum atomic E-state index is 12.5. The van der Waals surface area contributed by atoms with E-state index in [9.17, 15) is 9.59 Å². The quantitative estimate of drug-likeness (QED) is 0.707. The number of fused-ring (bicyclic) bond motifs is 5. The molecule has 0 saturated carbocycles. The van der Waals surface area contributed by atoms with Crippen molar-refractivity contribution in [2.24, 2.45) is 11.8 Å². The van der Waals surface area contributed by atoms with Gasteiger partial charge >= 0.3 is 0 Å². The van der Waals surface area contributed by atoms with E-state index >= 15 is 0 Å². The van der Waals surface area contributed by atoms with E-state index in [0.29, 0.717) is 5.82 Å². The smallest absolute Gasteiger partial charge is 0.241 e. The number of anilines is 1. The Balaban J connectivity index is 1.73. The highest BCUT2D eigenvalue weighted by molar-refractivity contribution is 6.22. The number of carbonyl (C=O) groups is 2. The molecule has 2 amide bonds. The SMILES string of the molecule is Cc1ccc(N2C(=O)[C@@H]3[C@@H](C2=O)[C@H]2CC[C@@H]3O2)nc1. The lowest BCUT2D eigenvalue weighted by Crippen LogP contribution is -2.34. The molecule has 3 aliphatic rings. The first-order valence-electron chi connectivity index (χ1n) is 6.63. The third kappa shape index (κ3) is 1.36. The molecule has 2 bridgehead atoms. The molecule has 98 valence electrons. The summed E-state index contributed by atoms with van der Waals surface area (Å²) in [6.45, 7) is 1.92. The fourth-order valence-corrected chi connectivity index (χ4v) is 3.53. The van der Waals surface area contributed by atoms with Crippen LogP contribution < -0.4 is 4.90 Å². The van der Waals surface area contributed by atoms with Crippen LogP contribution in [-0.2, 0) is 14.3 Å². The molecule has 1 aromatic rings. The number of rotatable bonds is 1. The molecular weight excluding hydrogens is 244 g/mol. The van der Waals surface area contributed by atoms with Crippen LogP contribution in [0.1, 0.15) is 18.4 Å². The molecule has 19 heavy (non-hydrogen) atoms. The molecule has 3 aliphatic heterocycles. The fraction of sp³-hybridized carbons (Fsp3) is 0.500. The number of nitrogens with zero attached hydrogens (tertiary/aromatic N) is 2. The highest BCUT2D eigenvalue weighted by atomic mass is 16.5. The van der Waals surface area contributed by atoms with Crippen LogP contribution in [0.25, 0.3) is 0 Å². The van der Waals surface area contributed by atoms with Gasteiger partial charge in [0, 0.05) is 6.20 Å². The Kier molecular flexibility index (Phi) is 2.12. The second kappa shape index (κ2) is 3.63. The first kappa shape index (κ1) is 11.1. The highest BCUT2D eigenvalue weighted by Gasteiger charge is 2.62. The molecule has 4 atom stereocenters. The van der Waals surface area contributed by atoms with Gasteiger partial charge in [0.15, 0.2) is 0 Å². The molecule has 3 fully saturated rings. The highest BCUT2D eigenvalue weighted by Crippen LogP contribution is 2.49. The first-order chi connectivity index (χ1) is 9.16. The van der Waals surface area contributed by atoms with E-state index in [2.05, 4.69) is 4.98 Å². The summed E-state index contributed by atoms with van der Waals surface area (Å²) in [6, 6.07) is 3.59. The summed E-state index contributed by atoms with van der Waals surface area (Å²) in [4.78, 5) is 30.4. The van der Waals surface area contributed by atoms with Crippen LogP contribution in [-0.4, -0.2) is 29.0 Å². The molecule has 1 aromatic heterocycles. The minimum atomic E-state index is -0.283. The van der Waals surface area contributed by atoms with Crippen LogP contribution in [0.15, 0.2) is 18.3 Å². The standard InChI is InChI=1S/C14H14N2O3/c1-7-2-5-10(15-6-7)16-13(17)11-8-3-4-9(19-8)12(11)14(16)18/h2,5-6,8-9,11-12H,3-4H2,1H3/t8-,9+,11-,12-/m0/s1. The Bertz CT molecular complexity index is 541. The number of aryl methyl sites for hydroxylation is 1. The van der Waals surface area contributed by atoms with E-state index in [4.69, 9.17) is 4.74 Å². The fourth-order valence-electron chi connectivity index (χ4n) is 3.53. The van der Waals surface area contributed by atoms with Gasteiger partial charge in [0.25, 0.3) is 0 Å². The van der Waals surface area contributed by atoms with Gasteiger partial charge in [-0.2, -0.15) is 0 Å². The average molecular weight is 258 g/mol. The van der Waals surface area contributed by atoms with Crippen molar-refractivity contribution in [2.45, 2.75) is 32.0 Å². The van der Waals surface area contributed by atoms with Gasteiger partial charge in [-0.15, -0.1) is 0 Å². The molecule has 0 aliphatic carbocycles. The van der Waals surface area contributed by atoms with Crippen molar-refractivity contribution in [2.75, 3.05) is 4.90 Å². The predicted molar refractivity (Wildman–Crippen MR) is 66.3 cm³/mol. The number of hydrogen-bond acceptors (Lipinski definition) is 4. The lowest BCUT2D eigenvalue weighted by molar-refractivity contribution is -0.124. The van der Waals surface area contributed by atoms with Gasteiger partial charge in [0.1, 0.15) is 5.82 Å². The summed E-state index contributed by atoms with van der Waals surface area (Å²) in [7, 11) is 0. The Labute approximate surface area is 110 Å². The van der Waals surface area contributed by atoms with E-state index in [-0.39, 0.29) is 35.9 Å². The van der Waals surface area contributed by atoms with Crippen LogP contribution >= 0.6 is 0 Å². The number of ether oxygens (including phenoxy) is 1. The minimum absolute atomic E-state index is 0.0677. The normalized spacial score (nSPS) is 36.2. The van der Waals surface area contributed by atoms with E-state index in [1.807, 2.05) is 13.0 Å². The van der Waals surface area contributed by atoms with Crippen LogP contribution in [0, 0.1) is 18.8 Å². The van der Waals surface area contributed by atoms with Crippen LogP contribution in [0.3, 0.4) is 0 Å². The van der Waals surface area contributed by atoms with Gasteiger partial charge in [-0.05, 0) is 31.4 Å². The van der Waals surface area contributed by atoms with Crippen molar-refractivity contribution in [3.05, 3.63) is 23.9 Å². The average Bonchev–Trinajstić information content (AvgIpc) is 3.06. The van der Waals surface area contributed by atoms with Crippen LogP contribution in [0.4, 0.5) is 5.82 Å². The Morgan fingerprint density at radius 3 is 2.32 bits per heavy atom. The summed E-state index contributed by atoms with van der Waals surface area (Å²) in [6.07, 6.45) is 3.32. The number of imide groups is 1. The number of pyridine rings is 1. The van der Waals surface area contributed by atoms with Crippen molar-refractivity contribution >= 4 is 17.6 Å². The van der Waals surface area contributed by atoms with Gasteiger partial charge in [-0.25, -0.2) is 9.88 Å². The molecule has 3 saturated heterocycles. The third-order valence-corrected chi connectivity index (χ3v) is 4.41. The summed E-state index contributed by atoms with van der Waals surface area (Å²) in [5.41, 5.74) is 1.01. The number of amides is 2. The van der Waals surface area contributed by atoms with Crippen LogP contribution in [0.5, 0.6) is 0 Å². The van der Waals surface area contributed by atoms with Crippen molar-refractivity contribution < 1.29 is 14.3 Å². The maximum Gasteiger partial charge on any atom is 0.241 e. The van der Waals surface area contributed by atoms with E-state index in [1.165, 1.54) is 4.90 Å². The van der Waals surface area contributed by atoms with Crippen molar-refractivity contribution in [1.29, 1.82) is 0 Å². The van der Waals surface area contributed by atoms with Crippen molar-refractivity contribution in [1.82, 2.24) is 4.98 Å². The molecule has 0 aromatic carbocycles. The first-order valence-corrected chi connectivity index (χ1v) is 6.63. The summed E-state index contributed by atoms with van der Waals surface area (Å²) in [5, 5.41) is 0. The van der Waals surface area contributed by atoms with Gasteiger partial charge in [-0.3, -0.25) is 9.59 Å². The second-order valence-electron chi connectivity index (χ2n) is 5.55. The van der Waals surface area contributed by atoms with Gasteiger partial charge in [-0.1, -0.05) is 6.07 Å². The topological polar surface area (TPSA) is 59.5 Å². The predicted octanol–water partition coefficient (Wildman–Crippen LogP) is 1.06. The summed E-state index contributed by atoms with van der Waals surface area (Å²) < 4.78 is 5.69. The van der Waals surface area contributed by atoms with Crippen molar-refractivity contribution in [3.63, 3.8) is 0 Å². The van der Waals surface area contributed by atoms with Crippen molar-refractivity contribution in [3.8, 4) is 0 Å². The summed E-state index contributed by atoms with van der Waals surface area (Å²) in [5.74, 6) is -0.407. The van der Waals surface area contributed by atoms with E-state index in [0.717, 1.165) is 18.4 Å². The second-order valence-corrected chi connectivity index (χ2v) is 5.55.